The molecule has 0 unspecified atom stereocenters. The fraction of sp³-hybridized carbons (Fsp3) is 0.0968. The van der Waals surface area contributed by atoms with Crippen molar-refractivity contribution in [3.8, 4) is 11.1 Å². The lowest BCUT2D eigenvalue weighted by Gasteiger charge is -2.09. The summed E-state index contributed by atoms with van der Waals surface area (Å²) in [4.78, 5) is 0. The summed E-state index contributed by atoms with van der Waals surface area (Å²) in [6.45, 7) is 4.40. The van der Waals surface area contributed by atoms with E-state index < -0.39 is 0 Å². The zero-order valence-electron chi connectivity index (χ0n) is 18.1. The summed E-state index contributed by atoms with van der Waals surface area (Å²) in [6, 6.07) is 35.0. The van der Waals surface area contributed by atoms with Gasteiger partial charge in [-0.15, -0.1) is 0 Å². The molecule has 31 heavy (non-hydrogen) atoms. The number of hydrogen-bond acceptors (Lipinski definition) is 0. The van der Waals surface area contributed by atoms with Crippen LogP contribution in [0.5, 0.6) is 0 Å². The number of hydrogen-bond donors (Lipinski definition) is 0. The van der Waals surface area contributed by atoms with E-state index in [1.54, 1.807) is 0 Å². The maximum atomic E-state index is 2.37. The average molecular weight is 399 g/mol. The zero-order valence-corrected chi connectivity index (χ0v) is 18.1. The molecule has 0 fully saturated rings. The minimum Gasteiger partial charge on any atom is -0.0622 e. The highest BCUT2D eigenvalue weighted by molar-refractivity contribution is 5.88. The van der Waals surface area contributed by atoms with Crippen LogP contribution in [0.25, 0.3) is 34.4 Å². The molecule has 0 atom stereocenters. The summed E-state index contributed by atoms with van der Waals surface area (Å²) < 4.78 is 0. The molecule has 150 valence electrons. The van der Waals surface area contributed by atoms with Crippen molar-refractivity contribution in [3.63, 3.8) is 0 Å². The van der Waals surface area contributed by atoms with E-state index in [2.05, 4.69) is 123 Å². The van der Waals surface area contributed by atoms with Crippen LogP contribution in [0, 0.1) is 0 Å². The van der Waals surface area contributed by atoms with E-state index in [0.717, 1.165) is 6.42 Å². The molecule has 4 aromatic carbocycles. The molecular weight excluding hydrogens is 372 g/mol. The highest BCUT2D eigenvalue weighted by atomic mass is 14.2. The molecule has 0 radical (unpaired) electrons. The van der Waals surface area contributed by atoms with Crippen LogP contribution in [0.4, 0.5) is 0 Å². The minimum absolute atomic E-state index is 1.02. The molecule has 0 aliphatic heterocycles. The van der Waals surface area contributed by atoms with Gasteiger partial charge in [-0.3, -0.25) is 0 Å². The van der Waals surface area contributed by atoms with Crippen molar-refractivity contribution in [2.75, 3.05) is 0 Å². The molecule has 1 aliphatic carbocycles. The van der Waals surface area contributed by atoms with Crippen molar-refractivity contribution in [1.82, 2.24) is 0 Å². The summed E-state index contributed by atoms with van der Waals surface area (Å²) in [7, 11) is 0. The average Bonchev–Trinajstić information content (AvgIpc) is 3.17. The van der Waals surface area contributed by atoms with Crippen LogP contribution in [-0.2, 0) is 6.42 Å². The summed E-state index contributed by atoms with van der Waals surface area (Å²) in [5, 5.41) is 0. The Bertz CT molecular complexity index is 1190. The molecule has 0 bridgehead atoms. The molecule has 5 rings (SSSR count). The van der Waals surface area contributed by atoms with Gasteiger partial charge in [0.1, 0.15) is 0 Å². The normalized spacial score (nSPS) is 13.1. The summed E-state index contributed by atoms with van der Waals surface area (Å²) in [5.41, 5.74) is 13.2. The van der Waals surface area contributed by atoms with E-state index in [1.165, 1.54) is 55.7 Å². The largest absolute Gasteiger partial charge is 0.0622 e. The van der Waals surface area contributed by atoms with E-state index in [4.69, 9.17) is 0 Å². The van der Waals surface area contributed by atoms with Gasteiger partial charge >= 0.3 is 0 Å². The maximum Gasteiger partial charge on any atom is -0.00134 e. The van der Waals surface area contributed by atoms with Crippen LogP contribution in [0.1, 0.15) is 47.2 Å². The van der Waals surface area contributed by atoms with Gasteiger partial charge in [0.05, 0.1) is 0 Å². The first-order valence-corrected chi connectivity index (χ1v) is 10.9. The number of benzene rings is 4. The van der Waals surface area contributed by atoms with Crippen LogP contribution in [0.2, 0.25) is 0 Å². The Morgan fingerprint density at radius 2 is 0.968 bits per heavy atom. The fourth-order valence-electron chi connectivity index (χ4n) is 4.42. The summed E-state index contributed by atoms with van der Waals surface area (Å²) in [6.07, 6.45) is 5.55. The molecule has 0 aromatic heterocycles. The van der Waals surface area contributed by atoms with Crippen LogP contribution >= 0.6 is 0 Å². The van der Waals surface area contributed by atoms with Gasteiger partial charge in [0.2, 0.25) is 0 Å². The van der Waals surface area contributed by atoms with Crippen LogP contribution < -0.4 is 0 Å². The standard InChI is InChI=1S/C31H26/c1-22(17-24-9-5-3-6-10-24)26-13-15-28-19-29-16-14-27(21-31(29)30(28)20-26)23(2)18-25-11-7-4-8-12-25/h3-18,20-21H,19H2,1-2H3/b22-17+,23-18+. The van der Waals surface area contributed by atoms with Gasteiger partial charge in [0.15, 0.2) is 0 Å². The Balaban J connectivity index is 1.51. The Morgan fingerprint density at radius 1 is 0.548 bits per heavy atom. The quantitative estimate of drug-likeness (QED) is 0.267. The van der Waals surface area contributed by atoms with E-state index in [-0.39, 0.29) is 0 Å². The third-order valence-electron chi connectivity index (χ3n) is 6.17. The Labute approximate surface area is 185 Å². The van der Waals surface area contributed by atoms with Crippen molar-refractivity contribution < 1.29 is 0 Å². The zero-order chi connectivity index (χ0) is 21.2. The van der Waals surface area contributed by atoms with Gasteiger partial charge in [-0.1, -0.05) is 97.1 Å². The first kappa shape index (κ1) is 19.3. The monoisotopic (exact) mass is 398 g/mol. The van der Waals surface area contributed by atoms with E-state index in [1.807, 2.05) is 0 Å². The lowest BCUT2D eigenvalue weighted by molar-refractivity contribution is 1.26. The topological polar surface area (TPSA) is 0 Å². The summed E-state index contributed by atoms with van der Waals surface area (Å²) in [5.74, 6) is 0. The van der Waals surface area contributed by atoms with Gasteiger partial charge in [0.25, 0.3) is 0 Å². The third kappa shape index (κ3) is 4.02. The molecule has 0 saturated heterocycles. The van der Waals surface area contributed by atoms with E-state index in [0.29, 0.717) is 0 Å². The Morgan fingerprint density at radius 3 is 1.39 bits per heavy atom. The Hall–Kier alpha value is -3.64. The molecule has 1 aliphatic rings. The SMILES string of the molecule is C/C(=C\c1ccccc1)c1ccc2c(c1)-c1cc(/C(C)=C/c3ccccc3)ccc1C2. The van der Waals surface area contributed by atoms with Gasteiger partial charge in [-0.05, 0) is 88.1 Å². The number of allylic oxidation sites excluding steroid dienone is 2. The van der Waals surface area contributed by atoms with Gasteiger partial charge in [-0.2, -0.15) is 0 Å². The van der Waals surface area contributed by atoms with E-state index in [9.17, 15) is 0 Å². The highest BCUT2D eigenvalue weighted by Gasteiger charge is 2.19. The Kier molecular flexibility index (Phi) is 5.14. The predicted octanol–water partition coefficient (Wildman–Crippen LogP) is 8.38. The second kappa shape index (κ2) is 8.24. The summed E-state index contributed by atoms with van der Waals surface area (Å²) >= 11 is 0. The van der Waals surface area contributed by atoms with Crippen LogP contribution in [0.15, 0.2) is 97.1 Å². The van der Waals surface area contributed by atoms with Crippen LogP contribution in [-0.4, -0.2) is 0 Å². The predicted molar refractivity (Wildman–Crippen MR) is 135 cm³/mol. The highest BCUT2D eigenvalue weighted by Crippen LogP contribution is 2.39. The third-order valence-corrected chi connectivity index (χ3v) is 6.17. The lowest BCUT2D eigenvalue weighted by Crippen LogP contribution is -1.86. The first-order chi connectivity index (χ1) is 15.2. The van der Waals surface area contributed by atoms with Gasteiger partial charge in [0, 0.05) is 0 Å². The van der Waals surface area contributed by atoms with Crippen molar-refractivity contribution in [3.05, 3.63) is 130 Å². The van der Waals surface area contributed by atoms with Crippen LogP contribution in [0.3, 0.4) is 0 Å². The molecule has 0 amide bonds. The molecule has 0 heteroatoms. The molecule has 0 heterocycles. The first-order valence-electron chi connectivity index (χ1n) is 10.9. The molecule has 0 spiro atoms. The second-order valence-corrected chi connectivity index (χ2v) is 8.40. The smallest absolute Gasteiger partial charge is 0.00134 e. The van der Waals surface area contributed by atoms with Gasteiger partial charge in [-0.25, -0.2) is 0 Å². The molecular formula is C31H26. The fourth-order valence-corrected chi connectivity index (χ4v) is 4.42. The lowest BCUT2D eigenvalue weighted by atomic mass is 9.96. The van der Waals surface area contributed by atoms with Crippen molar-refractivity contribution in [2.45, 2.75) is 20.3 Å². The number of fused-ring (bicyclic) bond motifs is 3. The molecule has 4 aromatic rings. The molecule has 0 saturated carbocycles. The van der Waals surface area contributed by atoms with Crippen molar-refractivity contribution in [1.29, 1.82) is 0 Å². The van der Waals surface area contributed by atoms with E-state index >= 15 is 0 Å². The molecule has 0 N–H and O–H groups in total. The van der Waals surface area contributed by atoms with Crippen molar-refractivity contribution >= 4 is 23.3 Å². The second-order valence-electron chi connectivity index (χ2n) is 8.40. The minimum atomic E-state index is 1.02. The molecule has 0 nitrogen and oxygen atoms in total. The maximum absolute atomic E-state index is 2.37. The van der Waals surface area contributed by atoms with Crippen molar-refractivity contribution in [2.24, 2.45) is 0 Å². The van der Waals surface area contributed by atoms with Gasteiger partial charge < -0.3 is 0 Å². The number of rotatable bonds is 4.